The third kappa shape index (κ3) is 7.20. The SMILES string of the molecule is CC(O)CCN1C(=O)[C@@H](CC2(O)CCCCC2)NC(=O)C12CCN(Cc1ccc(Oc3ccc(C(=O)O)cc3)cc1)CC2. The molecule has 1 spiro atoms. The number of amides is 2. The number of ether oxygens (including phenoxy) is 1. The molecule has 2 amide bonds. The van der Waals surface area contributed by atoms with Crippen molar-refractivity contribution in [2.45, 2.75) is 94.5 Å². The number of carboxylic acid groups (broad SMARTS) is 1. The van der Waals surface area contributed by atoms with Crippen LogP contribution in [0.15, 0.2) is 48.5 Å². The fourth-order valence-electron chi connectivity index (χ4n) is 6.75. The minimum Gasteiger partial charge on any atom is -0.478 e. The van der Waals surface area contributed by atoms with Crippen LogP contribution >= 0.6 is 0 Å². The highest BCUT2D eigenvalue weighted by Gasteiger charge is 2.54. The first-order valence-electron chi connectivity index (χ1n) is 15.4. The Kier molecular flexibility index (Phi) is 9.39. The Labute approximate surface area is 252 Å². The molecule has 2 aliphatic heterocycles. The summed E-state index contributed by atoms with van der Waals surface area (Å²) in [4.78, 5) is 42.6. The average molecular weight is 594 g/mol. The molecule has 3 fully saturated rings. The highest BCUT2D eigenvalue weighted by molar-refractivity contribution is 6.00. The molecule has 1 aliphatic carbocycles. The Bertz CT molecular complexity index is 1280. The van der Waals surface area contributed by atoms with Crippen molar-refractivity contribution >= 4 is 17.8 Å². The zero-order chi connectivity index (χ0) is 30.6. The number of aliphatic hydroxyl groups excluding tert-OH is 1. The predicted octanol–water partition coefficient (Wildman–Crippen LogP) is 3.69. The van der Waals surface area contributed by atoms with Crippen molar-refractivity contribution in [3.8, 4) is 11.5 Å². The number of nitrogens with zero attached hydrogens (tertiary/aromatic N) is 2. The lowest BCUT2D eigenvalue weighted by Gasteiger charge is -2.52. The third-order valence-corrected chi connectivity index (χ3v) is 9.30. The lowest BCUT2D eigenvalue weighted by molar-refractivity contribution is -0.164. The van der Waals surface area contributed by atoms with Crippen molar-refractivity contribution in [1.82, 2.24) is 15.1 Å². The molecular weight excluding hydrogens is 550 g/mol. The van der Waals surface area contributed by atoms with Gasteiger partial charge in [0.05, 0.1) is 17.3 Å². The number of carboxylic acids is 1. The molecule has 232 valence electrons. The third-order valence-electron chi connectivity index (χ3n) is 9.30. The van der Waals surface area contributed by atoms with Gasteiger partial charge in [0.1, 0.15) is 23.1 Å². The number of hydrogen-bond acceptors (Lipinski definition) is 7. The summed E-state index contributed by atoms with van der Waals surface area (Å²) < 4.78 is 5.85. The fourth-order valence-corrected chi connectivity index (χ4v) is 6.75. The van der Waals surface area contributed by atoms with Crippen molar-refractivity contribution in [3.63, 3.8) is 0 Å². The molecular formula is C33H43N3O7. The maximum Gasteiger partial charge on any atom is 0.335 e. The predicted molar refractivity (Wildman–Crippen MR) is 160 cm³/mol. The molecule has 0 radical (unpaired) electrons. The maximum atomic E-state index is 13.8. The summed E-state index contributed by atoms with van der Waals surface area (Å²) in [5, 5.41) is 33.2. The molecule has 2 heterocycles. The number of likely N-dealkylation sites (tertiary alicyclic amines) is 1. The van der Waals surface area contributed by atoms with Crippen LogP contribution in [0.3, 0.4) is 0 Å². The van der Waals surface area contributed by atoms with Gasteiger partial charge in [-0.15, -0.1) is 0 Å². The van der Waals surface area contributed by atoms with Crippen LogP contribution in [-0.4, -0.2) is 85.8 Å². The van der Waals surface area contributed by atoms with Gasteiger partial charge in [-0.1, -0.05) is 31.4 Å². The lowest BCUT2D eigenvalue weighted by Crippen LogP contribution is -2.73. The van der Waals surface area contributed by atoms with Crippen molar-refractivity contribution in [3.05, 3.63) is 59.7 Å². The van der Waals surface area contributed by atoms with Gasteiger partial charge >= 0.3 is 5.97 Å². The van der Waals surface area contributed by atoms with E-state index in [-0.39, 0.29) is 23.8 Å². The summed E-state index contributed by atoms with van der Waals surface area (Å²) in [5.41, 5.74) is -0.603. The van der Waals surface area contributed by atoms with Crippen LogP contribution in [0.2, 0.25) is 0 Å². The van der Waals surface area contributed by atoms with E-state index in [1.807, 2.05) is 24.3 Å². The second-order valence-corrected chi connectivity index (χ2v) is 12.5. The number of piperazine rings is 1. The van der Waals surface area contributed by atoms with E-state index in [0.717, 1.165) is 24.8 Å². The number of piperidine rings is 1. The van der Waals surface area contributed by atoms with Gasteiger partial charge < -0.3 is 30.3 Å². The van der Waals surface area contributed by atoms with E-state index >= 15 is 0 Å². The minimum atomic E-state index is -0.985. The summed E-state index contributed by atoms with van der Waals surface area (Å²) in [5.74, 6) is -0.0978. The van der Waals surface area contributed by atoms with E-state index in [1.54, 1.807) is 24.0 Å². The van der Waals surface area contributed by atoms with Crippen LogP contribution in [0.25, 0.3) is 0 Å². The molecule has 10 heteroatoms. The van der Waals surface area contributed by atoms with Gasteiger partial charge in [-0.3, -0.25) is 14.5 Å². The Hall–Kier alpha value is -3.47. The number of carbonyl (C=O) groups excluding carboxylic acids is 2. The monoisotopic (exact) mass is 593 g/mol. The number of nitrogens with one attached hydrogen (secondary N) is 1. The maximum absolute atomic E-state index is 13.8. The van der Waals surface area contributed by atoms with Crippen molar-refractivity contribution in [1.29, 1.82) is 0 Å². The largest absolute Gasteiger partial charge is 0.478 e. The zero-order valence-corrected chi connectivity index (χ0v) is 24.8. The van der Waals surface area contributed by atoms with E-state index in [1.165, 1.54) is 12.1 Å². The first-order valence-corrected chi connectivity index (χ1v) is 15.4. The molecule has 2 atom stereocenters. The van der Waals surface area contributed by atoms with Crippen molar-refractivity contribution in [2.24, 2.45) is 0 Å². The zero-order valence-electron chi connectivity index (χ0n) is 24.8. The summed E-state index contributed by atoms with van der Waals surface area (Å²) in [6, 6.07) is 13.2. The molecule has 0 aromatic heterocycles. The Morgan fingerprint density at radius 3 is 2.16 bits per heavy atom. The van der Waals surface area contributed by atoms with Gasteiger partial charge in [-0.2, -0.15) is 0 Å². The summed E-state index contributed by atoms with van der Waals surface area (Å²) >= 11 is 0. The Balaban J connectivity index is 1.21. The van der Waals surface area contributed by atoms with Gasteiger partial charge in [0, 0.05) is 32.6 Å². The molecule has 10 nitrogen and oxygen atoms in total. The van der Waals surface area contributed by atoms with Crippen LogP contribution in [0.4, 0.5) is 0 Å². The Morgan fingerprint density at radius 1 is 0.977 bits per heavy atom. The van der Waals surface area contributed by atoms with Crippen LogP contribution in [-0.2, 0) is 16.1 Å². The van der Waals surface area contributed by atoms with E-state index < -0.39 is 29.3 Å². The molecule has 2 aromatic rings. The molecule has 2 saturated heterocycles. The molecule has 1 unspecified atom stereocenters. The van der Waals surface area contributed by atoms with E-state index in [0.29, 0.717) is 69.8 Å². The van der Waals surface area contributed by atoms with Gasteiger partial charge in [-0.25, -0.2) is 4.79 Å². The van der Waals surface area contributed by atoms with Crippen LogP contribution in [0.5, 0.6) is 11.5 Å². The number of aliphatic hydroxyl groups is 2. The summed E-state index contributed by atoms with van der Waals surface area (Å²) in [6.45, 7) is 3.95. The quantitative estimate of drug-likeness (QED) is 0.327. The smallest absolute Gasteiger partial charge is 0.335 e. The van der Waals surface area contributed by atoms with Crippen LogP contribution < -0.4 is 10.1 Å². The standard InChI is InChI=1S/C33H43N3O7/c1-23(37)13-18-36-29(38)28(21-32(42)14-3-2-4-15-32)34-31(41)33(36)16-19-35(20-17-33)22-24-5-9-26(10-6-24)43-27-11-7-25(8-12-27)30(39)40/h5-12,23,28,37,42H,2-4,13-22H2,1H3,(H,34,41)(H,39,40)/t23?,28-/m1/s1. The van der Waals surface area contributed by atoms with E-state index in [2.05, 4.69) is 10.2 Å². The molecule has 0 bridgehead atoms. The van der Waals surface area contributed by atoms with Crippen molar-refractivity contribution in [2.75, 3.05) is 19.6 Å². The number of aromatic carboxylic acids is 1. The average Bonchev–Trinajstić information content (AvgIpc) is 2.98. The van der Waals surface area contributed by atoms with Crippen LogP contribution in [0.1, 0.15) is 80.6 Å². The van der Waals surface area contributed by atoms with Gasteiger partial charge in [0.2, 0.25) is 11.8 Å². The topological polar surface area (TPSA) is 140 Å². The van der Waals surface area contributed by atoms with Gasteiger partial charge in [-0.05, 0) is 81.0 Å². The molecule has 1 saturated carbocycles. The highest BCUT2D eigenvalue weighted by Crippen LogP contribution is 2.38. The lowest BCUT2D eigenvalue weighted by atomic mass is 9.77. The highest BCUT2D eigenvalue weighted by atomic mass is 16.5. The van der Waals surface area contributed by atoms with E-state index in [4.69, 9.17) is 9.84 Å². The van der Waals surface area contributed by atoms with Crippen LogP contribution in [0, 0.1) is 0 Å². The summed E-state index contributed by atoms with van der Waals surface area (Å²) in [6.07, 6.45) is 5.24. The van der Waals surface area contributed by atoms with Gasteiger partial charge in [0.15, 0.2) is 0 Å². The molecule has 2 aromatic carbocycles. The number of rotatable bonds is 10. The number of hydrogen-bond donors (Lipinski definition) is 4. The minimum absolute atomic E-state index is 0.152. The second kappa shape index (κ2) is 13.0. The Morgan fingerprint density at radius 2 is 1.58 bits per heavy atom. The fraction of sp³-hybridized carbons (Fsp3) is 0.545. The first-order chi connectivity index (χ1) is 20.6. The normalized spacial score (nSPS) is 22.7. The first kappa shape index (κ1) is 31.0. The van der Waals surface area contributed by atoms with Gasteiger partial charge in [0.25, 0.3) is 0 Å². The molecule has 4 N–H and O–H groups in total. The molecule has 43 heavy (non-hydrogen) atoms. The number of benzene rings is 2. The van der Waals surface area contributed by atoms with E-state index in [9.17, 15) is 24.6 Å². The van der Waals surface area contributed by atoms with Crippen molar-refractivity contribution < 1.29 is 34.4 Å². The second-order valence-electron chi connectivity index (χ2n) is 12.5. The summed E-state index contributed by atoms with van der Waals surface area (Å²) in [7, 11) is 0. The molecule has 3 aliphatic rings. The number of carbonyl (C=O) groups is 3. The molecule has 5 rings (SSSR count).